The molecule has 0 aliphatic rings. The van der Waals surface area contributed by atoms with E-state index < -0.39 is 16.7 Å². The largest absolute Gasteiger partial charge is 0.329 e. The van der Waals surface area contributed by atoms with Gasteiger partial charge < -0.3 is 5.32 Å². The van der Waals surface area contributed by atoms with E-state index in [-0.39, 0.29) is 10.7 Å². The molecular formula is C15H11ClN4O4. The van der Waals surface area contributed by atoms with Gasteiger partial charge in [0.15, 0.2) is 0 Å². The van der Waals surface area contributed by atoms with Crippen LogP contribution >= 0.6 is 11.6 Å². The molecule has 8 nitrogen and oxygen atoms in total. The zero-order valence-electron chi connectivity index (χ0n) is 12.1. The van der Waals surface area contributed by atoms with Crippen molar-refractivity contribution in [3.05, 3.63) is 69.2 Å². The van der Waals surface area contributed by atoms with E-state index >= 15 is 0 Å². The first-order chi connectivity index (χ1) is 11.5. The first-order valence-corrected chi connectivity index (χ1v) is 6.98. The number of halogens is 1. The molecule has 0 atom stereocenters. The highest BCUT2D eigenvalue weighted by Gasteiger charge is 2.13. The second kappa shape index (κ2) is 7.84. The molecule has 0 heterocycles. The molecular weight excluding hydrogens is 336 g/mol. The third kappa shape index (κ3) is 4.62. The number of benzene rings is 2. The Kier molecular flexibility index (Phi) is 5.58. The molecule has 2 amide bonds. The lowest BCUT2D eigenvalue weighted by Crippen LogP contribution is -2.32. The zero-order valence-corrected chi connectivity index (χ0v) is 12.9. The maximum Gasteiger partial charge on any atom is 0.329 e. The molecule has 24 heavy (non-hydrogen) atoms. The Morgan fingerprint density at radius 3 is 2.50 bits per heavy atom. The van der Waals surface area contributed by atoms with E-state index in [9.17, 15) is 19.7 Å². The molecule has 0 unspecified atom stereocenters. The second-order valence-electron chi connectivity index (χ2n) is 4.49. The number of carbonyl (C=O) groups excluding carboxylic acids is 2. The first kappa shape index (κ1) is 17.1. The van der Waals surface area contributed by atoms with Crippen molar-refractivity contribution in [2.45, 2.75) is 0 Å². The number of para-hydroxylation sites is 1. The summed E-state index contributed by atoms with van der Waals surface area (Å²) in [5, 5.41) is 16.7. The number of rotatable bonds is 4. The van der Waals surface area contributed by atoms with Crippen LogP contribution in [0.2, 0.25) is 5.02 Å². The summed E-state index contributed by atoms with van der Waals surface area (Å²) in [6.45, 7) is 0. The molecule has 0 saturated heterocycles. The second-order valence-corrected chi connectivity index (χ2v) is 4.89. The Morgan fingerprint density at radius 1 is 1.12 bits per heavy atom. The predicted molar refractivity (Wildman–Crippen MR) is 88.9 cm³/mol. The number of carbonyl (C=O) groups is 2. The van der Waals surface area contributed by atoms with Gasteiger partial charge in [0.25, 0.3) is 5.69 Å². The van der Waals surface area contributed by atoms with Gasteiger partial charge >= 0.3 is 11.8 Å². The maximum absolute atomic E-state index is 11.6. The van der Waals surface area contributed by atoms with Crippen LogP contribution in [-0.4, -0.2) is 23.0 Å². The number of anilines is 1. The maximum atomic E-state index is 11.6. The molecule has 9 heteroatoms. The summed E-state index contributed by atoms with van der Waals surface area (Å²) in [6.07, 6.45) is 1.16. The third-order valence-corrected chi connectivity index (χ3v) is 3.10. The number of nitro benzene ring substituents is 1. The quantitative estimate of drug-likeness (QED) is 0.382. The molecule has 0 fully saturated rings. The number of nitrogens with zero attached hydrogens (tertiary/aromatic N) is 2. The molecule has 2 rings (SSSR count). The van der Waals surface area contributed by atoms with Crippen LogP contribution in [0, 0.1) is 10.1 Å². The summed E-state index contributed by atoms with van der Waals surface area (Å²) in [5.74, 6) is -1.86. The fourth-order valence-electron chi connectivity index (χ4n) is 1.68. The van der Waals surface area contributed by atoms with Gasteiger partial charge in [0, 0.05) is 17.3 Å². The van der Waals surface area contributed by atoms with E-state index in [1.807, 2.05) is 5.43 Å². The highest BCUT2D eigenvalue weighted by molar-refractivity contribution is 6.39. The lowest BCUT2D eigenvalue weighted by atomic mass is 10.2. The van der Waals surface area contributed by atoms with Crippen molar-refractivity contribution in [1.82, 2.24) is 5.43 Å². The van der Waals surface area contributed by atoms with E-state index in [4.69, 9.17) is 11.6 Å². The van der Waals surface area contributed by atoms with Crippen LogP contribution in [0.15, 0.2) is 53.6 Å². The monoisotopic (exact) mass is 346 g/mol. The average molecular weight is 347 g/mol. The van der Waals surface area contributed by atoms with Crippen LogP contribution in [0.25, 0.3) is 0 Å². The van der Waals surface area contributed by atoms with Gasteiger partial charge in [-0.25, -0.2) is 5.43 Å². The van der Waals surface area contributed by atoms with Gasteiger partial charge in [-0.1, -0.05) is 35.9 Å². The predicted octanol–water partition coefficient (Wildman–Crippen LogP) is 2.34. The highest BCUT2D eigenvalue weighted by atomic mass is 35.5. The summed E-state index contributed by atoms with van der Waals surface area (Å²) in [5.41, 5.74) is 2.56. The Bertz CT molecular complexity index is 808. The van der Waals surface area contributed by atoms with Crippen LogP contribution in [0.4, 0.5) is 11.4 Å². The number of hydrogen-bond donors (Lipinski definition) is 2. The van der Waals surface area contributed by atoms with Crippen molar-refractivity contribution >= 4 is 41.0 Å². The van der Waals surface area contributed by atoms with Crippen molar-refractivity contribution in [3.63, 3.8) is 0 Å². The Labute approximate surface area is 141 Å². The minimum Gasteiger partial charge on any atom is -0.318 e. The molecule has 0 spiro atoms. The Hall–Kier alpha value is -3.26. The molecule has 0 saturated carbocycles. The topological polar surface area (TPSA) is 114 Å². The molecule has 2 aromatic carbocycles. The van der Waals surface area contributed by atoms with Crippen LogP contribution in [0.5, 0.6) is 0 Å². The molecule has 122 valence electrons. The lowest BCUT2D eigenvalue weighted by Gasteiger charge is -2.03. The van der Waals surface area contributed by atoms with Gasteiger partial charge in [0.1, 0.15) is 5.02 Å². The van der Waals surface area contributed by atoms with Crippen LogP contribution in [-0.2, 0) is 9.59 Å². The van der Waals surface area contributed by atoms with E-state index in [1.165, 1.54) is 18.2 Å². The summed E-state index contributed by atoms with van der Waals surface area (Å²) in [6, 6.07) is 12.5. The van der Waals surface area contributed by atoms with Crippen molar-refractivity contribution in [3.8, 4) is 0 Å². The number of hydrazone groups is 1. The Balaban J connectivity index is 1.96. The van der Waals surface area contributed by atoms with Crippen LogP contribution < -0.4 is 10.7 Å². The fraction of sp³-hybridized carbons (Fsp3) is 0. The fourth-order valence-corrected chi connectivity index (χ4v) is 1.86. The number of hydrogen-bond acceptors (Lipinski definition) is 5. The van der Waals surface area contributed by atoms with Crippen molar-refractivity contribution < 1.29 is 14.5 Å². The van der Waals surface area contributed by atoms with Gasteiger partial charge in [-0.05, 0) is 18.2 Å². The molecule has 0 bridgehead atoms. The molecule has 0 aromatic heterocycles. The minimum atomic E-state index is -0.974. The molecule has 2 aromatic rings. The summed E-state index contributed by atoms with van der Waals surface area (Å²) in [4.78, 5) is 33.4. The first-order valence-electron chi connectivity index (χ1n) is 6.61. The van der Waals surface area contributed by atoms with E-state index in [2.05, 4.69) is 10.4 Å². The van der Waals surface area contributed by atoms with Gasteiger partial charge in [0.05, 0.1) is 11.1 Å². The highest BCUT2D eigenvalue weighted by Crippen LogP contribution is 2.24. The number of nitro groups is 1. The van der Waals surface area contributed by atoms with Gasteiger partial charge in [-0.2, -0.15) is 5.10 Å². The minimum absolute atomic E-state index is 0.0107. The van der Waals surface area contributed by atoms with Gasteiger partial charge in [-0.15, -0.1) is 0 Å². The van der Waals surface area contributed by atoms with E-state index in [0.29, 0.717) is 11.3 Å². The van der Waals surface area contributed by atoms with Crippen LogP contribution in [0.1, 0.15) is 5.56 Å². The van der Waals surface area contributed by atoms with Crippen LogP contribution in [0.3, 0.4) is 0 Å². The third-order valence-electron chi connectivity index (χ3n) is 2.78. The number of nitrogens with one attached hydrogen (secondary N) is 2. The average Bonchev–Trinajstić information content (AvgIpc) is 2.56. The molecule has 0 radical (unpaired) electrons. The SMILES string of the molecule is O=C(N/N=C\c1ccc(Cl)c([N+](=O)[O-])c1)C(=O)Nc1ccccc1. The van der Waals surface area contributed by atoms with Crippen molar-refractivity contribution in [2.75, 3.05) is 5.32 Å². The zero-order chi connectivity index (χ0) is 17.5. The molecule has 2 N–H and O–H groups in total. The van der Waals surface area contributed by atoms with E-state index in [1.54, 1.807) is 30.3 Å². The number of amides is 2. The Morgan fingerprint density at radius 2 is 1.83 bits per heavy atom. The van der Waals surface area contributed by atoms with Gasteiger partial charge in [0.2, 0.25) is 0 Å². The van der Waals surface area contributed by atoms with E-state index in [0.717, 1.165) is 6.21 Å². The summed E-state index contributed by atoms with van der Waals surface area (Å²) in [7, 11) is 0. The lowest BCUT2D eigenvalue weighted by molar-refractivity contribution is -0.384. The molecule has 0 aliphatic heterocycles. The smallest absolute Gasteiger partial charge is 0.318 e. The van der Waals surface area contributed by atoms with Crippen molar-refractivity contribution in [2.24, 2.45) is 5.10 Å². The van der Waals surface area contributed by atoms with Gasteiger partial charge in [-0.3, -0.25) is 19.7 Å². The van der Waals surface area contributed by atoms with Crippen molar-refractivity contribution in [1.29, 1.82) is 0 Å². The summed E-state index contributed by atoms with van der Waals surface area (Å²) < 4.78 is 0. The molecule has 0 aliphatic carbocycles. The normalized spacial score (nSPS) is 10.4. The summed E-state index contributed by atoms with van der Waals surface area (Å²) >= 11 is 5.69. The standard InChI is InChI=1S/C15H11ClN4O4/c16-12-7-6-10(8-13(12)20(23)24)9-17-19-15(22)14(21)18-11-4-2-1-3-5-11/h1-9H,(H,18,21)(H,19,22)/b17-9-.